The molecule has 3 N–H and O–H groups in total. The summed E-state index contributed by atoms with van der Waals surface area (Å²) >= 11 is 4.00. The van der Waals surface area contributed by atoms with Gasteiger partial charge >= 0.3 is 0 Å². The Bertz CT molecular complexity index is 381. The molecule has 1 rings (SSSR count). The summed E-state index contributed by atoms with van der Waals surface area (Å²) in [5.74, 6) is 0.153. The number of carbonyl (C=O) groups excluding carboxylic acids is 1. The fraction of sp³-hybridized carbons (Fsp3) is 0.417. The van der Waals surface area contributed by atoms with Crippen molar-refractivity contribution in [2.45, 2.75) is 26.8 Å². The minimum atomic E-state index is -0.566. The monoisotopic (exact) mass is 238 g/mol. The summed E-state index contributed by atoms with van der Waals surface area (Å²) in [5.41, 5.74) is 9.75. The first kappa shape index (κ1) is 13.1. The number of hydrogen-bond acceptors (Lipinski definition) is 3. The van der Waals surface area contributed by atoms with Gasteiger partial charge in [-0.3, -0.25) is 4.79 Å². The average molecular weight is 238 g/mol. The summed E-state index contributed by atoms with van der Waals surface area (Å²) in [6.07, 6.45) is 0. The highest BCUT2D eigenvalue weighted by molar-refractivity contribution is 7.80. The van der Waals surface area contributed by atoms with Crippen LogP contribution in [0.25, 0.3) is 0 Å². The zero-order valence-corrected chi connectivity index (χ0v) is 10.8. The van der Waals surface area contributed by atoms with Gasteiger partial charge in [-0.05, 0) is 31.9 Å². The molecule has 0 saturated heterocycles. The zero-order valence-electron chi connectivity index (χ0n) is 9.87. The van der Waals surface area contributed by atoms with Crippen molar-refractivity contribution in [1.82, 2.24) is 0 Å². The summed E-state index contributed by atoms with van der Waals surface area (Å²) in [7, 11) is 0. The van der Waals surface area contributed by atoms with Crippen LogP contribution in [-0.2, 0) is 4.79 Å². The van der Waals surface area contributed by atoms with E-state index in [2.05, 4.69) is 17.9 Å². The molecule has 0 aliphatic rings. The second-order valence-electron chi connectivity index (χ2n) is 4.05. The molecule has 0 radical (unpaired) electrons. The largest absolute Gasteiger partial charge is 0.324 e. The molecule has 1 atom stereocenters. The van der Waals surface area contributed by atoms with Crippen LogP contribution in [0.3, 0.4) is 0 Å². The van der Waals surface area contributed by atoms with Gasteiger partial charge in [-0.2, -0.15) is 12.6 Å². The van der Waals surface area contributed by atoms with E-state index in [4.69, 9.17) is 5.73 Å². The van der Waals surface area contributed by atoms with Gasteiger partial charge in [-0.1, -0.05) is 17.7 Å². The molecule has 4 heteroatoms. The van der Waals surface area contributed by atoms with Crippen LogP contribution in [0.2, 0.25) is 0 Å². The lowest BCUT2D eigenvalue weighted by atomic mass is 10.0. The van der Waals surface area contributed by atoms with Crippen LogP contribution in [0.1, 0.15) is 16.7 Å². The Hall–Kier alpha value is -1.00. The van der Waals surface area contributed by atoms with Gasteiger partial charge in [0.1, 0.15) is 0 Å². The zero-order chi connectivity index (χ0) is 12.3. The standard InChI is InChI=1S/C12H18N2OS/c1-7-4-8(2)11(9(3)5-7)14-12(15)10(13)6-16/h4-5,10,16H,6,13H2,1-3H3,(H,14,15). The predicted octanol–water partition coefficient (Wildman–Crippen LogP) is 1.81. The minimum absolute atomic E-state index is 0.190. The summed E-state index contributed by atoms with van der Waals surface area (Å²) in [6.45, 7) is 5.98. The number of amides is 1. The second-order valence-corrected chi connectivity index (χ2v) is 4.42. The molecule has 1 unspecified atom stereocenters. The van der Waals surface area contributed by atoms with Crippen molar-refractivity contribution in [3.63, 3.8) is 0 Å². The van der Waals surface area contributed by atoms with Crippen molar-refractivity contribution in [2.75, 3.05) is 11.1 Å². The normalized spacial score (nSPS) is 12.3. The van der Waals surface area contributed by atoms with Gasteiger partial charge in [0.2, 0.25) is 5.91 Å². The average Bonchev–Trinajstić information content (AvgIpc) is 2.21. The SMILES string of the molecule is Cc1cc(C)c(NC(=O)C(N)CS)c(C)c1. The number of nitrogens with two attached hydrogens (primary N) is 1. The van der Waals surface area contributed by atoms with Gasteiger partial charge in [0.15, 0.2) is 0 Å². The van der Waals surface area contributed by atoms with Gasteiger partial charge in [-0.25, -0.2) is 0 Å². The molecule has 0 bridgehead atoms. The van der Waals surface area contributed by atoms with Crippen molar-refractivity contribution in [1.29, 1.82) is 0 Å². The molecule has 0 saturated carbocycles. The van der Waals surface area contributed by atoms with E-state index in [0.717, 1.165) is 16.8 Å². The van der Waals surface area contributed by atoms with E-state index in [1.807, 2.05) is 32.9 Å². The van der Waals surface area contributed by atoms with Crippen LogP contribution in [0.15, 0.2) is 12.1 Å². The van der Waals surface area contributed by atoms with Gasteiger partial charge < -0.3 is 11.1 Å². The molecule has 1 amide bonds. The van der Waals surface area contributed by atoms with E-state index in [-0.39, 0.29) is 5.91 Å². The number of thiol groups is 1. The van der Waals surface area contributed by atoms with E-state index in [0.29, 0.717) is 5.75 Å². The highest BCUT2D eigenvalue weighted by atomic mass is 32.1. The lowest BCUT2D eigenvalue weighted by Crippen LogP contribution is -2.37. The maximum absolute atomic E-state index is 11.6. The summed E-state index contributed by atoms with van der Waals surface area (Å²) in [4.78, 5) is 11.6. The Labute approximate surface area is 102 Å². The van der Waals surface area contributed by atoms with Crippen LogP contribution in [0.5, 0.6) is 0 Å². The van der Waals surface area contributed by atoms with Gasteiger partial charge in [0.25, 0.3) is 0 Å². The second kappa shape index (κ2) is 5.37. The summed E-state index contributed by atoms with van der Waals surface area (Å²) in [6, 6.07) is 3.51. The van der Waals surface area contributed by atoms with Gasteiger partial charge in [0, 0.05) is 11.4 Å². The van der Waals surface area contributed by atoms with Crippen LogP contribution in [0, 0.1) is 20.8 Å². The summed E-state index contributed by atoms with van der Waals surface area (Å²) < 4.78 is 0. The van der Waals surface area contributed by atoms with E-state index in [9.17, 15) is 4.79 Å². The number of rotatable bonds is 3. The maximum atomic E-state index is 11.6. The Kier molecular flexibility index (Phi) is 4.38. The molecular weight excluding hydrogens is 220 g/mol. The highest BCUT2D eigenvalue weighted by Gasteiger charge is 2.13. The van der Waals surface area contributed by atoms with Crippen LogP contribution in [-0.4, -0.2) is 17.7 Å². The number of benzene rings is 1. The molecule has 1 aromatic rings. The molecule has 0 heterocycles. The smallest absolute Gasteiger partial charge is 0.242 e. The fourth-order valence-electron chi connectivity index (χ4n) is 1.68. The van der Waals surface area contributed by atoms with E-state index in [1.165, 1.54) is 5.56 Å². The third-order valence-corrected chi connectivity index (χ3v) is 2.85. The van der Waals surface area contributed by atoms with Crippen LogP contribution < -0.4 is 11.1 Å². The van der Waals surface area contributed by atoms with Crippen molar-refractivity contribution in [3.05, 3.63) is 28.8 Å². The highest BCUT2D eigenvalue weighted by Crippen LogP contribution is 2.21. The molecule has 0 fully saturated rings. The first-order valence-electron chi connectivity index (χ1n) is 5.21. The molecule has 0 aromatic heterocycles. The maximum Gasteiger partial charge on any atom is 0.242 e. The molecule has 16 heavy (non-hydrogen) atoms. The molecule has 0 aliphatic heterocycles. The molecule has 1 aromatic carbocycles. The van der Waals surface area contributed by atoms with E-state index < -0.39 is 6.04 Å². The minimum Gasteiger partial charge on any atom is -0.324 e. The Morgan fingerprint density at radius 2 is 1.88 bits per heavy atom. The molecule has 0 aliphatic carbocycles. The van der Waals surface area contributed by atoms with E-state index >= 15 is 0 Å². The molecule has 3 nitrogen and oxygen atoms in total. The Balaban J connectivity index is 2.93. The number of carbonyl (C=O) groups is 1. The first-order valence-corrected chi connectivity index (χ1v) is 5.84. The lowest BCUT2D eigenvalue weighted by molar-refractivity contribution is -0.116. The topological polar surface area (TPSA) is 55.1 Å². The number of hydrogen-bond donors (Lipinski definition) is 3. The first-order chi connectivity index (χ1) is 7.45. The van der Waals surface area contributed by atoms with Gasteiger partial charge in [0.05, 0.1) is 6.04 Å². The van der Waals surface area contributed by atoms with Crippen molar-refractivity contribution in [3.8, 4) is 0 Å². The number of nitrogens with one attached hydrogen (secondary N) is 1. The third kappa shape index (κ3) is 3.00. The van der Waals surface area contributed by atoms with Crippen LogP contribution in [0.4, 0.5) is 5.69 Å². The van der Waals surface area contributed by atoms with Crippen molar-refractivity contribution >= 4 is 24.2 Å². The number of anilines is 1. The predicted molar refractivity (Wildman–Crippen MR) is 71.1 cm³/mol. The van der Waals surface area contributed by atoms with E-state index in [1.54, 1.807) is 0 Å². The van der Waals surface area contributed by atoms with Crippen molar-refractivity contribution in [2.24, 2.45) is 5.73 Å². The fourth-order valence-corrected chi connectivity index (χ4v) is 1.84. The quantitative estimate of drug-likeness (QED) is 0.703. The molecule has 88 valence electrons. The number of aryl methyl sites for hydroxylation is 3. The Morgan fingerprint density at radius 3 is 2.31 bits per heavy atom. The molecular formula is C12H18N2OS. The van der Waals surface area contributed by atoms with Crippen molar-refractivity contribution < 1.29 is 4.79 Å². The lowest BCUT2D eigenvalue weighted by Gasteiger charge is -2.15. The summed E-state index contributed by atoms with van der Waals surface area (Å²) in [5, 5.41) is 2.84. The Morgan fingerprint density at radius 1 is 1.38 bits per heavy atom. The van der Waals surface area contributed by atoms with Crippen LogP contribution >= 0.6 is 12.6 Å². The third-order valence-electron chi connectivity index (χ3n) is 2.46. The van der Waals surface area contributed by atoms with Gasteiger partial charge in [-0.15, -0.1) is 0 Å². The molecule has 0 spiro atoms.